The van der Waals surface area contributed by atoms with Crippen molar-refractivity contribution >= 4 is 15.7 Å². The second-order valence-corrected chi connectivity index (χ2v) is 2.18. The van der Waals surface area contributed by atoms with E-state index in [-0.39, 0.29) is 0 Å². The summed E-state index contributed by atoms with van der Waals surface area (Å²) >= 11 is 0. The Kier molecular flexibility index (Phi) is 3.40. The molecule has 0 saturated heterocycles. The van der Waals surface area contributed by atoms with Gasteiger partial charge in [-0.2, -0.15) is 0 Å². The quantitative estimate of drug-likeness (QED) is 0.407. The highest BCUT2D eigenvalue weighted by Crippen LogP contribution is 2.03. The highest BCUT2D eigenvalue weighted by molar-refractivity contribution is 6.13. The molecule has 0 aliphatic carbocycles. The zero-order chi connectivity index (χ0) is 4.99. The van der Waals surface area contributed by atoms with Crippen LogP contribution >= 0.6 is 0 Å². The molecule has 0 nitrogen and oxygen atoms in total. The molecule has 0 spiro atoms. The maximum atomic E-state index is 2.25. The van der Waals surface area contributed by atoms with Crippen LogP contribution < -0.4 is 0 Å². The van der Waals surface area contributed by atoms with Crippen LogP contribution in [0, 0.1) is 0 Å². The minimum Gasteiger partial charge on any atom is -0.0815 e. The lowest BCUT2D eigenvalue weighted by Gasteiger charge is -1.95. The predicted molar refractivity (Wildman–Crippen MR) is 35.9 cm³/mol. The van der Waals surface area contributed by atoms with Gasteiger partial charge in [-0.15, -0.1) is 0 Å². The summed E-state index contributed by atoms with van der Waals surface area (Å²) in [5.41, 5.74) is 0. The van der Waals surface area contributed by atoms with Crippen LogP contribution in [0.5, 0.6) is 0 Å². The van der Waals surface area contributed by atoms with Gasteiger partial charge in [0, 0.05) is 0 Å². The largest absolute Gasteiger partial charge is 0.105 e. The number of rotatable bonds is 2. The molecule has 1 atom stereocenters. The van der Waals surface area contributed by atoms with Gasteiger partial charge in [-0.1, -0.05) is 25.5 Å². The third-order valence-corrected chi connectivity index (χ3v) is 0.866. The molecule has 0 aliphatic heterocycles. The van der Waals surface area contributed by atoms with Gasteiger partial charge in [0.05, 0.1) is 0 Å². The second kappa shape index (κ2) is 3.32. The van der Waals surface area contributed by atoms with Gasteiger partial charge in [0.15, 0.2) is 0 Å². The van der Waals surface area contributed by atoms with E-state index in [2.05, 4.69) is 22.6 Å². The molecule has 0 aromatic rings. The first kappa shape index (κ1) is 6.13. The van der Waals surface area contributed by atoms with E-state index in [0.29, 0.717) is 0 Å². The smallest absolute Gasteiger partial charge is 0.0815 e. The van der Waals surface area contributed by atoms with Gasteiger partial charge in [0.1, 0.15) is 15.7 Å². The molecule has 0 amide bonds. The average molecular weight is 81.8 g/mol. The molecule has 0 unspecified atom stereocenters. The van der Waals surface area contributed by atoms with E-state index < -0.39 is 0 Å². The fourth-order valence-electron chi connectivity index (χ4n) is 0.577. The molecule has 0 fully saturated rings. The summed E-state index contributed by atoms with van der Waals surface area (Å²) in [5.74, 6) is 0.898. The van der Waals surface area contributed by atoms with E-state index >= 15 is 0 Å². The monoisotopic (exact) mass is 82.1 g/mol. The standard InChI is InChI=1S/C4H12B2/c1-4(6)2-3-5/h4H,2-3,5-6H2,1H3/t4-/m0/s1. The molecule has 0 N–H and O–H groups in total. The zero-order valence-electron chi connectivity index (χ0n) is 4.99. The third kappa shape index (κ3) is 4.13. The SMILES string of the molecule is BCC[C@@H](B)C. The molecule has 0 bridgehead atoms. The summed E-state index contributed by atoms with van der Waals surface area (Å²) in [5, 5.41) is 0. The molecule has 0 aliphatic rings. The lowest BCUT2D eigenvalue weighted by Crippen LogP contribution is -1.82. The topological polar surface area (TPSA) is 0 Å². The van der Waals surface area contributed by atoms with Gasteiger partial charge in [-0.3, -0.25) is 0 Å². The lowest BCUT2D eigenvalue weighted by molar-refractivity contribution is 0.878. The van der Waals surface area contributed by atoms with Crippen molar-refractivity contribution in [3.63, 3.8) is 0 Å². The Bertz CT molecular complexity index is 26.7. The van der Waals surface area contributed by atoms with Crippen LogP contribution in [-0.2, 0) is 0 Å². The van der Waals surface area contributed by atoms with Crippen LogP contribution in [0.1, 0.15) is 13.3 Å². The molecule has 2 heteroatoms. The first-order valence-corrected chi connectivity index (χ1v) is 2.77. The minimum absolute atomic E-state index is 0.898. The van der Waals surface area contributed by atoms with Crippen molar-refractivity contribution in [2.24, 2.45) is 0 Å². The summed E-state index contributed by atoms with van der Waals surface area (Å²) in [6.07, 6.45) is 2.71. The van der Waals surface area contributed by atoms with Crippen molar-refractivity contribution < 1.29 is 0 Å². The van der Waals surface area contributed by atoms with Crippen LogP contribution in [0.25, 0.3) is 0 Å². The van der Waals surface area contributed by atoms with Crippen LogP contribution in [0.4, 0.5) is 0 Å². The molecular formula is C4H12B2. The van der Waals surface area contributed by atoms with E-state index in [1.807, 2.05) is 0 Å². The number of hydrogen-bond donors (Lipinski definition) is 0. The van der Waals surface area contributed by atoms with Gasteiger partial charge in [0.2, 0.25) is 0 Å². The highest BCUT2D eigenvalue weighted by Gasteiger charge is 1.86. The van der Waals surface area contributed by atoms with E-state index in [0.717, 1.165) is 5.82 Å². The van der Waals surface area contributed by atoms with Crippen LogP contribution in [0.2, 0.25) is 12.1 Å². The van der Waals surface area contributed by atoms with Crippen molar-refractivity contribution in [2.45, 2.75) is 25.5 Å². The Hall–Kier alpha value is 0.130. The fourth-order valence-corrected chi connectivity index (χ4v) is 0.577. The number of hydrogen-bond acceptors (Lipinski definition) is 0. The zero-order valence-corrected chi connectivity index (χ0v) is 4.99. The van der Waals surface area contributed by atoms with E-state index in [9.17, 15) is 0 Å². The third-order valence-electron chi connectivity index (χ3n) is 0.866. The van der Waals surface area contributed by atoms with Crippen molar-refractivity contribution in [1.29, 1.82) is 0 Å². The van der Waals surface area contributed by atoms with E-state index in [1.165, 1.54) is 12.7 Å². The normalized spacial score (nSPS) is 14.2. The lowest BCUT2D eigenvalue weighted by atomic mass is 9.82. The van der Waals surface area contributed by atoms with E-state index in [1.54, 1.807) is 0 Å². The van der Waals surface area contributed by atoms with Gasteiger partial charge in [-0.25, -0.2) is 0 Å². The summed E-state index contributed by atoms with van der Waals surface area (Å²) in [4.78, 5) is 0. The first-order chi connectivity index (χ1) is 2.77. The summed E-state index contributed by atoms with van der Waals surface area (Å²) < 4.78 is 0. The van der Waals surface area contributed by atoms with E-state index in [4.69, 9.17) is 0 Å². The molecule has 0 aromatic carbocycles. The molecule has 0 rings (SSSR count). The maximum absolute atomic E-state index is 2.25. The second-order valence-electron chi connectivity index (χ2n) is 2.18. The van der Waals surface area contributed by atoms with Gasteiger partial charge in [0.25, 0.3) is 0 Å². The van der Waals surface area contributed by atoms with Gasteiger partial charge in [-0.05, 0) is 0 Å². The fraction of sp³-hybridized carbons (Fsp3) is 1.00. The van der Waals surface area contributed by atoms with Crippen molar-refractivity contribution in [2.75, 3.05) is 0 Å². The molecule has 0 saturated carbocycles. The Morgan fingerprint density at radius 3 is 2.17 bits per heavy atom. The molecule has 0 heterocycles. The van der Waals surface area contributed by atoms with Crippen molar-refractivity contribution in [3.05, 3.63) is 0 Å². The van der Waals surface area contributed by atoms with Crippen molar-refractivity contribution in [1.82, 2.24) is 0 Å². The summed E-state index contributed by atoms with van der Waals surface area (Å²) in [6.45, 7) is 2.25. The minimum atomic E-state index is 0.898. The Labute approximate surface area is 42.1 Å². The van der Waals surface area contributed by atoms with Gasteiger partial charge >= 0.3 is 0 Å². The Balaban J connectivity index is 2.63. The molecule has 34 valence electrons. The Morgan fingerprint density at radius 1 is 1.67 bits per heavy atom. The first-order valence-electron chi connectivity index (χ1n) is 2.77. The van der Waals surface area contributed by atoms with Crippen LogP contribution in [0.3, 0.4) is 0 Å². The average Bonchev–Trinajstić information content (AvgIpc) is 1.35. The summed E-state index contributed by atoms with van der Waals surface area (Å²) in [7, 11) is 4.48. The molecule has 0 radical (unpaired) electrons. The molecular weight excluding hydrogens is 69.7 g/mol. The summed E-state index contributed by atoms with van der Waals surface area (Å²) in [6, 6.07) is 0. The predicted octanol–water partition coefficient (Wildman–Crippen LogP) is -0.131. The molecule has 0 aromatic heterocycles. The molecule has 6 heavy (non-hydrogen) atoms. The highest BCUT2D eigenvalue weighted by atomic mass is 13.8. The van der Waals surface area contributed by atoms with Crippen LogP contribution in [0.15, 0.2) is 0 Å². The van der Waals surface area contributed by atoms with Crippen LogP contribution in [-0.4, -0.2) is 15.7 Å². The Morgan fingerprint density at radius 2 is 2.17 bits per heavy atom. The van der Waals surface area contributed by atoms with Crippen molar-refractivity contribution in [3.8, 4) is 0 Å². The maximum Gasteiger partial charge on any atom is 0.105 e. The van der Waals surface area contributed by atoms with Gasteiger partial charge < -0.3 is 0 Å².